The predicted molar refractivity (Wildman–Crippen MR) is 96.9 cm³/mol. The number of nitrogens with two attached hydrogens (primary N) is 1. The van der Waals surface area contributed by atoms with E-state index in [9.17, 15) is 0 Å². The summed E-state index contributed by atoms with van der Waals surface area (Å²) in [5.41, 5.74) is 13.2. The van der Waals surface area contributed by atoms with Crippen molar-refractivity contribution in [2.75, 3.05) is 6.54 Å². The molecular weight excluding hydrogens is 282 g/mol. The Morgan fingerprint density at radius 2 is 1.70 bits per heavy atom. The van der Waals surface area contributed by atoms with Crippen LogP contribution in [-0.2, 0) is 13.0 Å². The number of fused-ring (bicyclic) bond motifs is 1. The largest absolute Gasteiger partial charge is 0.330 e. The van der Waals surface area contributed by atoms with Crippen LogP contribution >= 0.6 is 0 Å². The van der Waals surface area contributed by atoms with Gasteiger partial charge in [-0.15, -0.1) is 0 Å². The molecule has 0 saturated heterocycles. The summed E-state index contributed by atoms with van der Waals surface area (Å²) in [6.07, 6.45) is 1.89. The van der Waals surface area contributed by atoms with E-state index in [1.165, 1.54) is 27.8 Å². The fourth-order valence-electron chi connectivity index (χ4n) is 2.93. The summed E-state index contributed by atoms with van der Waals surface area (Å²) in [5.74, 6) is 1.14. The summed E-state index contributed by atoms with van der Waals surface area (Å²) in [6.45, 7) is 7.99. The van der Waals surface area contributed by atoms with E-state index in [4.69, 9.17) is 10.7 Å². The molecule has 0 aliphatic rings. The zero-order valence-electron chi connectivity index (χ0n) is 14.3. The van der Waals surface area contributed by atoms with Crippen LogP contribution in [0.15, 0.2) is 36.4 Å². The third-order valence-corrected chi connectivity index (χ3v) is 4.51. The van der Waals surface area contributed by atoms with Crippen LogP contribution in [0.25, 0.3) is 11.0 Å². The van der Waals surface area contributed by atoms with Crippen LogP contribution in [-0.4, -0.2) is 16.1 Å². The van der Waals surface area contributed by atoms with Gasteiger partial charge in [-0.1, -0.05) is 29.8 Å². The maximum Gasteiger partial charge on any atom is 0.110 e. The van der Waals surface area contributed by atoms with E-state index in [1.807, 2.05) is 0 Å². The topological polar surface area (TPSA) is 43.8 Å². The zero-order valence-corrected chi connectivity index (χ0v) is 14.3. The van der Waals surface area contributed by atoms with Crippen molar-refractivity contribution < 1.29 is 0 Å². The lowest BCUT2D eigenvalue weighted by Gasteiger charge is -2.10. The van der Waals surface area contributed by atoms with Gasteiger partial charge in [-0.3, -0.25) is 0 Å². The van der Waals surface area contributed by atoms with E-state index >= 15 is 0 Å². The molecule has 0 aliphatic heterocycles. The second-order valence-electron chi connectivity index (χ2n) is 6.42. The molecule has 0 spiro atoms. The van der Waals surface area contributed by atoms with E-state index < -0.39 is 0 Å². The van der Waals surface area contributed by atoms with Crippen molar-refractivity contribution in [1.82, 2.24) is 9.55 Å². The van der Waals surface area contributed by atoms with Crippen LogP contribution in [0, 0.1) is 20.8 Å². The fraction of sp³-hybridized carbons (Fsp3) is 0.350. The molecule has 1 aromatic heterocycles. The van der Waals surface area contributed by atoms with Gasteiger partial charge < -0.3 is 10.3 Å². The Hall–Kier alpha value is -2.13. The van der Waals surface area contributed by atoms with Crippen LogP contribution < -0.4 is 5.73 Å². The molecule has 0 bridgehead atoms. The van der Waals surface area contributed by atoms with E-state index in [-0.39, 0.29) is 0 Å². The van der Waals surface area contributed by atoms with Gasteiger partial charge in [-0.25, -0.2) is 4.98 Å². The number of hydrogen-bond donors (Lipinski definition) is 1. The highest BCUT2D eigenvalue weighted by Gasteiger charge is 2.12. The molecule has 3 rings (SSSR count). The van der Waals surface area contributed by atoms with Gasteiger partial charge in [0, 0.05) is 13.0 Å². The Morgan fingerprint density at radius 3 is 2.39 bits per heavy atom. The summed E-state index contributed by atoms with van der Waals surface area (Å²) in [4.78, 5) is 4.87. The van der Waals surface area contributed by atoms with E-state index in [0.717, 1.165) is 30.7 Å². The van der Waals surface area contributed by atoms with Crippen molar-refractivity contribution in [2.45, 2.75) is 40.2 Å². The molecule has 3 nitrogen and oxygen atoms in total. The van der Waals surface area contributed by atoms with Gasteiger partial charge in [0.1, 0.15) is 5.82 Å². The van der Waals surface area contributed by atoms with E-state index in [2.05, 4.69) is 61.7 Å². The Morgan fingerprint density at radius 1 is 1.00 bits per heavy atom. The highest BCUT2D eigenvalue weighted by atomic mass is 15.1. The summed E-state index contributed by atoms with van der Waals surface area (Å²) < 4.78 is 2.35. The first-order valence-electron chi connectivity index (χ1n) is 8.30. The van der Waals surface area contributed by atoms with Gasteiger partial charge >= 0.3 is 0 Å². The maximum atomic E-state index is 5.70. The van der Waals surface area contributed by atoms with Crippen LogP contribution in [0.4, 0.5) is 0 Å². The smallest absolute Gasteiger partial charge is 0.110 e. The standard InChI is InChI=1S/C20H25N3/c1-14-6-8-17(9-7-14)13-23-19-12-16(3)15(2)11-18(19)22-20(23)5-4-10-21/h6-9,11-12H,4-5,10,13,21H2,1-3H3. The quantitative estimate of drug-likeness (QED) is 0.777. The zero-order chi connectivity index (χ0) is 16.4. The highest BCUT2D eigenvalue weighted by molar-refractivity contribution is 5.78. The molecule has 0 aliphatic carbocycles. The van der Waals surface area contributed by atoms with Crippen LogP contribution in [0.2, 0.25) is 0 Å². The normalized spacial score (nSPS) is 11.3. The SMILES string of the molecule is Cc1ccc(Cn2c(CCCN)nc3cc(C)c(C)cc32)cc1. The first kappa shape index (κ1) is 15.8. The lowest BCUT2D eigenvalue weighted by Crippen LogP contribution is -2.08. The molecule has 2 N–H and O–H groups in total. The number of nitrogens with zero attached hydrogens (tertiary/aromatic N) is 2. The van der Waals surface area contributed by atoms with Gasteiger partial charge in [-0.05, 0) is 62.6 Å². The summed E-state index contributed by atoms with van der Waals surface area (Å²) in [5, 5.41) is 0. The number of rotatable bonds is 5. The van der Waals surface area contributed by atoms with Gasteiger partial charge in [0.05, 0.1) is 11.0 Å². The second kappa shape index (κ2) is 6.55. The van der Waals surface area contributed by atoms with Crippen molar-refractivity contribution in [2.24, 2.45) is 5.73 Å². The number of aromatic nitrogens is 2. The molecule has 0 atom stereocenters. The second-order valence-corrected chi connectivity index (χ2v) is 6.42. The van der Waals surface area contributed by atoms with Crippen molar-refractivity contribution in [3.63, 3.8) is 0 Å². The molecule has 2 aromatic carbocycles. The van der Waals surface area contributed by atoms with Crippen molar-refractivity contribution in [3.05, 3.63) is 64.5 Å². The molecule has 0 unspecified atom stereocenters. The molecule has 1 heterocycles. The third-order valence-electron chi connectivity index (χ3n) is 4.51. The fourth-order valence-corrected chi connectivity index (χ4v) is 2.93. The average molecular weight is 307 g/mol. The van der Waals surface area contributed by atoms with Gasteiger partial charge in [0.2, 0.25) is 0 Å². The molecule has 23 heavy (non-hydrogen) atoms. The number of aryl methyl sites for hydroxylation is 4. The lowest BCUT2D eigenvalue weighted by atomic mass is 10.1. The summed E-state index contributed by atoms with van der Waals surface area (Å²) >= 11 is 0. The first-order valence-corrected chi connectivity index (χ1v) is 8.30. The first-order chi connectivity index (χ1) is 11.1. The van der Waals surface area contributed by atoms with E-state index in [0.29, 0.717) is 6.54 Å². The van der Waals surface area contributed by atoms with Crippen molar-refractivity contribution in [1.29, 1.82) is 0 Å². The summed E-state index contributed by atoms with van der Waals surface area (Å²) in [6, 6.07) is 13.2. The van der Waals surface area contributed by atoms with Crippen LogP contribution in [0.3, 0.4) is 0 Å². The highest BCUT2D eigenvalue weighted by Crippen LogP contribution is 2.23. The molecule has 0 amide bonds. The Bertz CT molecular complexity index is 813. The van der Waals surface area contributed by atoms with Gasteiger partial charge in [-0.2, -0.15) is 0 Å². The number of benzene rings is 2. The maximum absolute atomic E-state index is 5.70. The number of imidazole rings is 1. The predicted octanol–water partition coefficient (Wildman–Crippen LogP) is 3.90. The minimum Gasteiger partial charge on any atom is -0.330 e. The van der Waals surface area contributed by atoms with Crippen LogP contribution in [0.1, 0.15) is 34.5 Å². The van der Waals surface area contributed by atoms with Crippen LogP contribution in [0.5, 0.6) is 0 Å². The lowest BCUT2D eigenvalue weighted by molar-refractivity contribution is 0.703. The van der Waals surface area contributed by atoms with Gasteiger partial charge in [0.25, 0.3) is 0 Å². The summed E-state index contributed by atoms with van der Waals surface area (Å²) in [7, 11) is 0. The number of hydrogen-bond acceptors (Lipinski definition) is 2. The van der Waals surface area contributed by atoms with Crippen molar-refractivity contribution in [3.8, 4) is 0 Å². The minimum atomic E-state index is 0.700. The molecule has 120 valence electrons. The molecule has 0 fully saturated rings. The van der Waals surface area contributed by atoms with Crippen molar-refractivity contribution >= 4 is 11.0 Å². The average Bonchev–Trinajstić information content (AvgIpc) is 2.85. The monoisotopic (exact) mass is 307 g/mol. The van der Waals surface area contributed by atoms with Gasteiger partial charge in [0.15, 0.2) is 0 Å². The Labute approximate surface area is 138 Å². The molecular formula is C20H25N3. The minimum absolute atomic E-state index is 0.700. The third kappa shape index (κ3) is 3.30. The molecule has 0 radical (unpaired) electrons. The molecule has 3 heteroatoms. The molecule has 3 aromatic rings. The molecule has 0 saturated carbocycles. The Kier molecular flexibility index (Phi) is 4.49. The van der Waals surface area contributed by atoms with E-state index in [1.54, 1.807) is 0 Å². The Balaban J connectivity index is 2.07.